The molecular formula is C20H26NO3PS. The Hall–Kier alpha value is -1.68. The van der Waals surface area contributed by atoms with Gasteiger partial charge in [0.05, 0.1) is 12.6 Å². The Labute approximate surface area is 160 Å². The summed E-state index contributed by atoms with van der Waals surface area (Å²) < 4.78 is 5.31. The average molecular weight is 391 g/mol. The zero-order valence-corrected chi connectivity index (χ0v) is 17.1. The van der Waals surface area contributed by atoms with E-state index in [1.807, 2.05) is 60.7 Å². The van der Waals surface area contributed by atoms with Gasteiger partial charge in [0.25, 0.3) is 0 Å². The maximum Gasteiger partial charge on any atom is 0.407 e. The minimum absolute atomic E-state index is 0.197. The molecule has 2 aromatic carbocycles. The molecule has 2 N–H and O–H groups in total. The van der Waals surface area contributed by atoms with Gasteiger partial charge in [-0.25, -0.2) is 4.79 Å². The van der Waals surface area contributed by atoms with Crippen molar-refractivity contribution in [2.75, 3.05) is 12.8 Å². The van der Waals surface area contributed by atoms with E-state index in [0.29, 0.717) is 6.16 Å². The van der Waals surface area contributed by atoms with E-state index in [4.69, 9.17) is 16.5 Å². The summed E-state index contributed by atoms with van der Waals surface area (Å²) in [5.74, 6) is 0. The molecule has 0 aliphatic heterocycles. The highest BCUT2D eigenvalue weighted by Crippen LogP contribution is 2.44. The van der Waals surface area contributed by atoms with E-state index in [1.54, 1.807) is 20.8 Å². The van der Waals surface area contributed by atoms with Crippen molar-refractivity contribution in [1.29, 1.82) is 0 Å². The number of benzene rings is 2. The number of amides is 1. The zero-order valence-electron chi connectivity index (χ0n) is 15.4. The summed E-state index contributed by atoms with van der Waals surface area (Å²) in [5.41, 5.74) is -0.594. The highest BCUT2D eigenvalue weighted by Gasteiger charge is 2.28. The van der Waals surface area contributed by atoms with Gasteiger partial charge >= 0.3 is 6.09 Å². The van der Waals surface area contributed by atoms with Crippen LogP contribution in [0, 0.1) is 0 Å². The fraction of sp³-hybridized carbons (Fsp3) is 0.350. The largest absolute Gasteiger partial charge is 0.444 e. The number of aliphatic hydroxyl groups is 1. The first-order valence-corrected chi connectivity index (χ1v) is 11.5. The molecule has 140 valence electrons. The van der Waals surface area contributed by atoms with Crippen LogP contribution in [0.5, 0.6) is 0 Å². The second-order valence-electron chi connectivity index (χ2n) is 7.12. The normalized spacial score (nSPS) is 13.1. The Morgan fingerprint density at radius 3 is 1.92 bits per heavy atom. The highest BCUT2D eigenvalue weighted by molar-refractivity contribution is 8.21. The Bertz CT molecular complexity index is 716. The van der Waals surface area contributed by atoms with Gasteiger partial charge in [-0.2, -0.15) is 0 Å². The molecule has 0 heterocycles. The van der Waals surface area contributed by atoms with Crippen molar-refractivity contribution >= 4 is 34.5 Å². The molecule has 2 rings (SSSR count). The molecule has 2 aromatic rings. The monoisotopic (exact) mass is 391 g/mol. The fourth-order valence-electron chi connectivity index (χ4n) is 2.63. The van der Waals surface area contributed by atoms with Gasteiger partial charge in [0.2, 0.25) is 0 Å². The van der Waals surface area contributed by atoms with Gasteiger partial charge in [-0.15, -0.1) is 0 Å². The number of carbonyl (C=O) groups is 1. The summed E-state index contributed by atoms with van der Waals surface area (Å²) in [6.45, 7) is 5.22. The third-order valence-electron chi connectivity index (χ3n) is 3.77. The fourth-order valence-corrected chi connectivity index (χ4v) is 6.76. The molecule has 0 saturated heterocycles. The van der Waals surface area contributed by atoms with Crippen molar-refractivity contribution in [2.45, 2.75) is 32.4 Å². The van der Waals surface area contributed by atoms with Gasteiger partial charge in [0.1, 0.15) is 5.60 Å². The number of rotatable bonds is 6. The van der Waals surface area contributed by atoms with Crippen LogP contribution in [-0.2, 0) is 16.5 Å². The van der Waals surface area contributed by atoms with Gasteiger partial charge in [-0.05, 0) is 31.4 Å². The summed E-state index contributed by atoms with van der Waals surface area (Å²) in [5, 5.41) is 14.7. The molecule has 1 atom stereocenters. The molecule has 0 aromatic heterocycles. The first-order chi connectivity index (χ1) is 12.2. The zero-order chi connectivity index (χ0) is 19.2. The van der Waals surface area contributed by atoms with E-state index in [9.17, 15) is 9.90 Å². The smallest absolute Gasteiger partial charge is 0.407 e. The lowest BCUT2D eigenvalue weighted by Crippen LogP contribution is -2.44. The third kappa shape index (κ3) is 5.66. The molecule has 4 nitrogen and oxygen atoms in total. The molecule has 0 spiro atoms. The summed E-state index contributed by atoms with van der Waals surface area (Å²) >= 11 is 6.15. The lowest BCUT2D eigenvalue weighted by molar-refractivity contribution is 0.0490. The van der Waals surface area contributed by atoms with Crippen molar-refractivity contribution in [3.8, 4) is 0 Å². The number of carbonyl (C=O) groups excluding carboxylic acids is 1. The van der Waals surface area contributed by atoms with Crippen molar-refractivity contribution in [1.82, 2.24) is 5.32 Å². The first-order valence-electron chi connectivity index (χ1n) is 8.55. The minimum atomic E-state index is -2.20. The van der Waals surface area contributed by atoms with E-state index in [1.165, 1.54) is 0 Å². The Morgan fingerprint density at radius 2 is 1.54 bits per heavy atom. The van der Waals surface area contributed by atoms with E-state index in [0.717, 1.165) is 10.6 Å². The molecule has 1 amide bonds. The first kappa shape index (κ1) is 20.6. The lowest BCUT2D eigenvalue weighted by Gasteiger charge is -2.29. The van der Waals surface area contributed by atoms with Gasteiger partial charge in [0.15, 0.2) is 0 Å². The maximum absolute atomic E-state index is 12.1. The predicted octanol–water partition coefficient (Wildman–Crippen LogP) is 3.00. The van der Waals surface area contributed by atoms with Gasteiger partial charge in [0, 0.05) is 12.2 Å². The number of alkyl carbamates (subject to hydrolysis) is 1. The van der Waals surface area contributed by atoms with Crippen molar-refractivity contribution < 1.29 is 14.6 Å². The van der Waals surface area contributed by atoms with Crippen LogP contribution >= 0.6 is 6.04 Å². The maximum atomic E-state index is 12.1. The number of nitrogens with one attached hydrogen (secondary N) is 1. The number of aliphatic hydroxyl groups excluding tert-OH is 1. The second kappa shape index (κ2) is 8.81. The van der Waals surface area contributed by atoms with Crippen LogP contribution in [0.2, 0.25) is 0 Å². The molecule has 0 aliphatic rings. The summed E-state index contributed by atoms with van der Waals surface area (Å²) in [4.78, 5) is 12.1. The Balaban J connectivity index is 2.29. The van der Waals surface area contributed by atoms with Crippen molar-refractivity contribution in [2.24, 2.45) is 0 Å². The predicted molar refractivity (Wildman–Crippen MR) is 112 cm³/mol. The standard InChI is InChI=1S/C20H26NO3PS/c1-20(2,3)24-19(23)21-16(14-22)15-25(26,17-10-6-4-7-11-17)18-12-8-5-9-13-18/h4-13,16,22H,14-15H2,1-3H3,(H,21,23)/t16-/m0/s1. The molecule has 0 radical (unpaired) electrons. The van der Waals surface area contributed by atoms with Crippen LogP contribution in [0.15, 0.2) is 60.7 Å². The van der Waals surface area contributed by atoms with E-state index in [2.05, 4.69) is 5.32 Å². The van der Waals surface area contributed by atoms with Gasteiger partial charge in [-0.3, -0.25) is 0 Å². The van der Waals surface area contributed by atoms with E-state index < -0.39 is 23.8 Å². The summed E-state index contributed by atoms with van der Waals surface area (Å²) in [6, 6.07) is 17.2. The molecular weight excluding hydrogens is 365 g/mol. The average Bonchev–Trinajstić information content (AvgIpc) is 2.61. The number of hydrogen-bond acceptors (Lipinski definition) is 4. The van der Waals surface area contributed by atoms with Crippen molar-refractivity contribution in [3.05, 3.63) is 60.7 Å². The quantitative estimate of drug-likeness (QED) is 0.744. The summed E-state index contributed by atoms with van der Waals surface area (Å²) in [6.07, 6.45) is -0.0641. The summed E-state index contributed by atoms with van der Waals surface area (Å²) in [7, 11) is 0. The SMILES string of the molecule is CC(C)(C)OC(=O)N[C@@H](CO)CP(=S)(c1ccccc1)c1ccccc1. The molecule has 6 heteroatoms. The number of ether oxygens (including phenoxy) is 1. The van der Waals surface area contributed by atoms with E-state index in [-0.39, 0.29) is 6.61 Å². The third-order valence-corrected chi connectivity index (χ3v) is 8.70. The molecule has 0 unspecified atom stereocenters. The molecule has 0 saturated carbocycles. The minimum Gasteiger partial charge on any atom is -0.444 e. The molecule has 0 bridgehead atoms. The lowest BCUT2D eigenvalue weighted by atomic mass is 10.2. The van der Waals surface area contributed by atoms with Gasteiger partial charge < -0.3 is 15.2 Å². The van der Waals surface area contributed by atoms with Gasteiger partial charge in [-0.1, -0.05) is 72.5 Å². The second-order valence-corrected chi connectivity index (χ2v) is 11.9. The van der Waals surface area contributed by atoms with Crippen LogP contribution < -0.4 is 15.9 Å². The van der Waals surface area contributed by atoms with Crippen LogP contribution in [0.4, 0.5) is 4.79 Å². The van der Waals surface area contributed by atoms with Crippen LogP contribution in [0.25, 0.3) is 0 Å². The molecule has 0 aliphatic carbocycles. The topological polar surface area (TPSA) is 58.6 Å². The van der Waals surface area contributed by atoms with Crippen LogP contribution in [0.1, 0.15) is 20.8 Å². The van der Waals surface area contributed by atoms with Crippen LogP contribution in [-0.4, -0.2) is 35.6 Å². The Kier molecular flexibility index (Phi) is 6.99. The Morgan fingerprint density at radius 1 is 1.08 bits per heavy atom. The van der Waals surface area contributed by atoms with E-state index >= 15 is 0 Å². The van der Waals surface area contributed by atoms with Crippen molar-refractivity contribution in [3.63, 3.8) is 0 Å². The van der Waals surface area contributed by atoms with Crippen LogP contribution in [0.3, 0.4) is 0 Å². The molecule has 26 heavy (non-hydrogen) atoms. The number of hydrogen-bond donors (Lipinski definition) is 2. The highest BCUT2D eigenvalue weighted by atomic mass is 32.4. The molecule has 0 fully saturated rings.